The van der Waals surface area contributed by atoms with Crippen LogP contribution in [0.4, 0.5) is 5.82 Å². The second-order valence-electron chi connectivity index (χ2n) is 6.71. The highest BCUT2D eigenvalue weighted by Gasteiger charge is 2.21. The molecule has 0 aromatic carbocycles. The van der Waals surface area contributed by atoms with Crippen molar-refractivity contribution in [2.24, 2.45) is 5.92 Å². The fourth-order valence-corrected chi connectivity index (χ4v) is 3.40. The SMILES string of the molecule is CNc1ncccc1CN1CCOCC(Cc2nc(C)cc(C)n2)C1. The van der Waals surface area contributed by atoms with Crippen LogP contribution in [-0.4, -0.2) is 53.2 Å². The lowest BCUT2D eigenvalue weighted by Gasteiger charge is -2.24. The number of aromatic nitrogens is 3. The fraction of sp³-hybridized carbons (Fsp3) is 0.526. The van der Waals surface area contributed by atoms with Gasteiger partial charge >= 0.3 is 0 Å². The zero-order valence-corrected chi connectivity index (χ0v) is 15.3. The van der Waals surface area contributed by atoms with Crippen LogP contribution in [0.5, 0.6) is 0 Å². The van der Waals surface area contributed by atoms with E-state index in [4.69, 9.17) is 4.74 Å². The van der Waals surface area contributed by atoms with E-state index < -0.39 is 0 Å². The Morgan fingerprint density at radius 3 is 2.84 bits per heavy atom. The average molecular weight is 341 g/mol. The number of ether oxygens (including phenoxy) is 1. The smallest absolute Gasteiger partial charge is 0.130 e. The maximum absolute atomic E-state index is 5.84. The minimum absolute atomic E-state index is 0.401. The fourth-order valence-electron chi connectivity index (χ4n) is 3.40. The van der Waals surface area contributed by atoms with Gasteiger partial charge in [0, 0.05) is 62.2 Å². The number of nitrogens with zero attached hydrogens (tertiary/aromatic N) is 4. The third-order valence-corrected chi connectivity index (χ3v) is 4.44. The summed E-state index contributed by atoms with van der Waals surface area (Å²) in [7, 11) is 1.91. The second-order valence-corrected chi connectivity index (χ2v) is 6.71. The number of hydrogen-bond acceptors (Lipinski definition) is 6. The van der Waals surface area contributed by atoms with Gasteiger partial charge in [-0.05, 0) is 26.0 Å². The molecule has 2 aromatic rings. The van der Waals surface area contributed by atoms with Crippen LogP contribution in [0.3, 0.4) is 0 Å². The van der Waals surface area contributed by atoms with E-state index >= 15 is 0 Å². The van der Waals surface area contributed by atoms with Crippen molar-refractivity contribution in [3.63, 3.8) is 0 Å². The molecule has 1 atom stereocenters. The molecule has 6 heteroatoms. The van der Waals surface area contributed by atoms with Gasteiger partial charge in [-0.2, -0.15) is 0 Å². The van der Waals surface area contributed by atoms with Crippen molar-refractivity contribution < 1.29 is 4.74 Å². The van der Waals surface area contributed by atoms with Gasteiger partial charge in [0.25, 0.3) is 0 Å². The van der Waals surface area contributed by atoms with E-state index in [1.807, 2.05) is 39.2 Å². The summed E-state index contributed by atoms with van der Waals surface area (Å²) in [6.07, 6.45) is 2.67. The molecule has 25 heavy (non-hydrogen) atoms. The Kier molecular flexibility index (Phi) is 5.94. The Morgan fingerprint density at radius 1 is 1.28 bits per heavy atom. The summed E-state index contributed by atoms with van der Waals surface area (Å²) in [4.78, 5) is 16.0. The summed E-state index contributed by atoms with van der Waals surface area (Å²) in [5, 5.41) is 3.18. The molecule has 3 heterocycles. The number of pyridine rings is 1. The van der Waals surface area contributed by atoms with E-state index in [-0.39, 0.29) is 0 Å². The number of nitrogens with one attached hydrogen (secondary N) is 1. The minimum atomic E-state index is 0.401. The third-order valence-electron chi connectivity index (χ3n) is 4.44. The van der Waals surface area contributed by atoms with Gasteiger partial charge in [-0.1, -0.05) is 6.07 Å². The Balaban J connectivity index is 1.68. The van der Waals surface area contributed by atoms with E-state index in [1.165, 1.54) is 5.56 Å². The van der Waals surface area contributed by atoms with Crippen molar-refractivity contribution >= 4 is 5.82 Å². The van der Waals surface area contributed by atoms with Crippen LogP contribution in [-0.2, 0) is 17.7 Å². The van der Waals surface area contributed by atoms with Crippen LogP contribution >= 0.6 is 0 Å². The molecular weight excluding hydrogens is 314 g/mol. The molecule has 1 saturated heterocycles. The van der Waals surface area contributed by atoms with Crippen molar-refractivity contribution in [3.05, 3.63) is 47.2 Å². The van der Waals surface area contributed by atoms with Crippen LogP contribution in [0.1, 0.15) is 22.8 Å². The van der Waals surface area contributed by atoms with Crippen LogP contribution in [0.25, 0.3) is 0 Å². The summed E-state index contributed by atoms with van der Waals surface area (Å²) in [6.45, 7) is 8.36. The van der Waals surface area contributed by atoms with Gasteiger partial charge in [-0.25, -0.2) is 15.0 Å². The van der Waals surface area contributed by atoms with E-state index in [1.54, 1.807) is 0 Å². The molecule has 1 unspecified atom stereocenters. The Morgan fingerprint density at radius 2 is 2.08 bits per heavy atom. The van der Waals surface area contributed by atoms with Crippen molar-refractivity contribution in [2.75, 3.05) is 38.7 Å². The first-order valence-corrected chi connectivity index (χ1v) is 8.87. The summed E-state index contributed by atoms with van der Waals surface area (Å²) in [5.74, 6) is 2.27. The van der Waals surface area contributed by atoms with E-state index in [0.717, 1.165) is 62.3 Å². The molecule has 0 saturated carbocycles. The maximum Gasteiger partial charge on any atom is 0.130 e. The van der Waals surface area contributed by atoms with Crippen LogP contribution in [0.2, 0.25) is 0 Å². The summed E-state index contributed by atoms with van der Waals surface area (Å²) < 4.78 is 5.84. The normalized spacial score (nSPS) is 18.8. The summed E-state index contributed by atoms with van der Waals surface area (Å²) in [6, 6.07) is 6.14. The van der Waals surface area contributed by atoms with Gasteiger partial charge in [0.05, 0.1) is 13.2 Å². The van der Waals surface area contributed by atoms with Crippen molar-refractivity contribution in [1.29, 1.82) is 0 Å². The van der Waals surface area contributed by atoms with E-state index in [0.29, 0.717) is 5.92 Å². The van der Waals surface area contributed by atoms with Crippen LogP contribution in [0.15, 0.2) is 24.4 Å². The molecule has 6 nitrogen and oxygen atoms in total. The van der Waals surface area contributed by atoms with Gasteiger partial charge in [0.2, 0.25) is 0 Å². The van der Waals surface area contributed by atoms with Crippen LogP contribution in [0, 0.1) is 19.8 Å². The minimum Gasteiger partial charge on any atom is -0.380 e. The number of hydrogen-bond donors (Lipinski definition) is 1. The highest BCUT2D eigenvalue weighted by Crippen LogP contribution is 2.18. The molecular formula is C19H27N5O. The number of anilines is 1. The lowest BCUT2D eigenvalue weighted by atomic mass is 10.0. The maximum atomic E-state index is 5.84. The van der Waals surface area contributed by atoms with Crippen molar-refractivity contribution in [3.8, 4) is 0 Å². The molecule has 0 aliphatic carbocycles. The molecule has 1 aliphatic heterocycles. The summed E-state index contributed by atoms with van der Waals surface area (Å²) in [5.41, 5.74) is 3.28. The Labute approximate surface area is 149 Å². The monoisotopic (exact) mass is 341 g/mol. The lowest BCUT2D eigenvalue weighted by molar-refractivity contribution is 0.121. The zero-order chi connectivity index (χ0) is 17.6. The van der Waals surface area contributed by atoms with E-state index in [2.05, 4.69) is 31.2 Å². The molecule has 134 valence electrons. The molecule has 0 amide bonds. The number of rotatable bonds is 5. The molecule has 3 rings (SSSR count). The summed E-state index contributed by atoms with van der Waals surface area (Å²) >= 11 is 0. The Hall–Kier alpha value is -2.05. The van der Waals surface area contributed by atoms with Gasteiger partial charge < -0.3 is 10.1 Å². The van der Waals surface area contributed by atoms with Gasteiger partial charge in [0.1, 0.15) is 11.6 Å². The highest BCUT2D eigenvalue weighted by molar-refractivity contribution is 5.42. The van der Waals surface area contributed by atoms with Gasteiger partial charge in [-0.3, -0.25) is 4.90 Å². The average Bonchev–Trinajstić information content (AvgIpc) is 2.79. The topological polar surface area (TPSA) is 63.2 Å². The first kappa shape index (κ1) is 17.8. The quantitative estimate of drug-likeness (QED) is 0.900. The zero-order valence-electron chi connectivity index (χ0n) is 15.3. The molecule has 1 aliphatic rings. The largest absolute Gasteiger partial charge is 0.380 e. The highest BCUT2D eigenvalue weighted by atomic mass is 16.5. The lowest BCUT2D eigenvalue weighted by Crippen LogP contribution is -2.31. The Bertz CT molecular complexity index is 686. The molecule has 0 bridgehead atoms. The molecule has 0 spiro atoms. The molecule has 1 N–H and O–H groups in total. The predicted molar refractivity (Wildman–Crippen MR) is 98.6 cm³/mol. The van der Waals surface area contributed by atoms with Gasteiger partial charge in [0.15, 0.2) is 0 Å². The molecule has 0 radical (unpaired) electrons. The number of aryl methyl sites for hydroxylation is 2. The predicted octanol–water partition coefficient (Wildman–Crippen LogP) is 2.22. The first-order valence-electron chi connectivity index (χ1n) is 8.87. The van der Waals surface area contributed by atoms with Crippen molar-refractivity contribution in [2.45, 2.75) is 26.8 Å². The molecule has 2 aromatic heterocycles. The van der Waals surface area contributed by atoms with Crippen molar-refractivity contribution in [1.82, 2.24) is 19.9 Å². The first-order chi connectivity index (χ1) is 12.1. The third kappa shape index (κ3) is 4.96. The second kappa shape index (κ2) is 8.36. The molecule has 1 fully saturated rings. The van der Waals surface area contributed by atoms with E-state index in [9.17, 15) is 0 Å². The van der Waals surface area contributed by atoms with Crippen LogP contribution < -0.4 is 5.32 Å². The standard InChI is InChI=1S/C19H27N5O/c1-14-9-15(2)23-18(22-14)10-16-11-24(7-8-25-13-16)12-17-5-4-6-21-19(17)20-3/h4-6,9,16H,7-8,10-13H2,1-3H3,(H,20,21). The van der Waals surface area contributed by atoms with Gasteiger partial charge in [-0.15, -0.1) is 0 Å².